The number of sulfonamides is 1. The van der Waals surface area contributed by atoms with Crippen molar-refractivity contribution in [3.63, 3.8) is 0 Å². The molecule has 4 rings (SSSR count). The zero-order chi connectivity index (χ0) is 21.3. The summed E-state index contributed by atoms with van der Waals surface area (Å²) in [6, 6.07) is 13.2. The van der Waals surface area contributed by atoms with Gasteiger partial charge in [-0.25, -0.2) is 13.4 Å². The minimum absolute atomic E-state index is 0.152. The summed E-state index contributed by atoms with van der Waals surface area (Å²) in [5.41, 5.74) is 2.67. The predicted molar refractivity (Wildman–Crippen MR) is 117 cm³/mol. The molecule has 6 nitrogen and oxygen atoms in total. The van der Waals surface area contributed by atoms with Gasteiger partial charge >= 0.3 is 5.97 Å². The molecule has 1 saturated heterocycles. The molecule has 0 unspecified atom stereocenters. The standard InChI is InChI=1S/C22H24N2O4S2/c1-15-7-8-20(16(2)13-15)30(26,27)24-11-9-17(10-12-24)22(25)28-14-21-23-18-5-3-4-6-19(18)29-21/h3-8,13,17H,9-12,14H2,1-2H3. The maximum Gasteiger partial charge on any atom is 0.309 e. The number of ether oxygens (including phenoxy) is 1. The van der Waals surface area contributed by atoms with Crippen LogP contribution in [-0.2, 0) is 26.2 Å². The first-order valence-electron chi connectivity index (χ1n) is 9.93. The number of carbonyl (C=O) groups excluding carboxylic acids is 1. The van der Waals surface area contributed by atoms with Crippen LogP contribution in [0.15, 0.2) is 47.4 Å². The summed E-state index contributed by atoms with van der Waals surface area (Å²) in [6.07, 6.45) is 0.922. The van der Waals surface area contributed by atoms with Gasteiger partial charge in [0.1, 0.15) is 11.6 Å². The largest absolute Gasteiger partial charge is 0.458 e. The van der Waals surface area contributed by atoms with Gasteiger partial charge in [-0.1, -0.05) is 29.8 Å². The Morgan fingerprint density at radius 3 is 2.60 bits per heavy atom. The fourth-order valence-electron chi connectivity index (χ4n) is 3.79. The van der Waals surface area contributed by atoms with E-state index in [4.69, 9.17) is 4.74 Å². The van der Waals surface area contributed by atoms with Crippen LogP contribution in [0.5, 0.6) is 0 Å². The van der Waals surface area contributed by atoms with Crippen LogP contribution in [0.3, 0.4) is 0 Å². The second-order valence-electron chi connectivity index (χ2n) is 7.63. The highest BCUT2D eigenvalue weighted by Gasteiger charge is 2.33. The van der Waals surface area contributed by atoms with Gasteiger partial charge in [-0.05, 0) is 50.5 Å². The van der Waals surface area contributed by atoms with Gasteiger partial charge in [0.2, 0.25) is 10.0 Å². The van der Waals surface area contributed by atoms with Crippen molar-refractivity contribution in [2.24, 2.45) is 5.92 Å². The van der Waals surface area contributed by atoms with Gasteiger partial charge in [-0.2, -0.15) is 4.31 Å². The molecule has 0 amide bonds. The van der Waals surface area contributed by atoms with Crippen LogP contribution in [0.2, 0.25) is 0 Å². The fraction of sp³-hybridized carbons (Fsp3) is 0.364. The maximum absolute atomic E-state index is 13.0. The normalized spacial score (nSPS) is 16.1. The molecule has 0 N–H and O–H groups in total. The fourth-order valence-corrected chi connectivity index (χ4v) is 6.35. The summed E-state index contributed by atoms with van der Waals surface area (Å²) < 4.78 is 34.0. The predicted octanol–water partition coefficient (Wildman–Crippen LogP) is 4.06. The molecule has 0 aliphatic carbocycles. The van der Waals surface area contributed by atoms with Crippen molar-refractivity contribution < 1.29 is 17.9 Å². The Kier molecular flexibility index (Phi) is 5.90. The van der Waals surface area contributed by atoms with Crippen molar-refractivity contribution in [3.05, 3.63) is 58.6 Å². The highest BCUT2D eigenvalue weighted by atomic mass is 32.2. The van der Waals surface area contributed by atoms with Crippen molar-refractivity contribution in [1.29, 1.82) is 0 Å². The van der Waals surface area contributed by atoms with E-state index < -0.39 is 10.0 Å². The molecule has 0 spiro atoms. The van der Waals surface area contributed by atoms with Gasteiger partial charge in [0.05, 0.1) is 21.0 Å². The second-order valence-corrected chi connectivity index (χ2v) is 10.7. The lowest BCUT2D eigenvalue weighted by Crippen LogP contribution is -2.40. The third-order valence-corrected chi connectivity index (χ3v) is 8.48. The number of piperidine rings is 1. The smallest absolute Gasteiger partial charge is 0.309 e. The minimum atomic E-state index is -3.56. The van der Waals surface area contributed by atoms with E-state index in [9.17, 15) is 13.2 Å². The monoisotopic (exact) mass is 444 g/mol. The third kappa shape index (κ3) is 4.26. The molecule has 0 radical (unpaired) electrons. The summed E-state index contributed by atoms with van der Waals surface area (Å²) in [6.45, 7) is 4.53. The number of benzene rings is 2. The number of esters is 1. The van der Waals surface area contributed by atoms with Crippen molar-refractivity contribution in [1.82, 2.24) is 9.29 Å². The van der Waals surface area contributed by atoms with E-state index in [-0.39, 0.29) is 18.5 Å². The van der Waals surface area contributed by atoms with Crippen LogP contribution >= 0.6 is 11.3 Å². The van der Waals surface area contributed by atoms with Gasteiger partial charge in [-0.15, -0.1) is 11.3 Å². The number of hydrogen-bond acceptors (Lipinski definition) is 6. The number of nitrogens with zero attached hydrogens (tertiary/aromatic N) is 2. The lowest BCUT2D eigenvalue weighted by molar-refractivity contribution is -0.151. The molecule has 158 valence electrons. The Bertz CT molecular complexity index is 1150. The number of para-hydroxylation sites is 1. The second kappa shape index (κ2) is 8.45. The highest BCUT2D eigenvalue weighted by Crippen LogP contribution is 2.27. The topological polar surface area (TPSA) is 76.6 Å². The average molecular weight is 445 g/mol. The van der Waals surface area contributed by atoms with E-state index in [0.717, 1.165) is 26.4 Å². The SMILES string of the molecule is Cc1ccc(S(=O)(=O)N2CCC(C(=O)OCc3nc4ccccc4s3)CC2)c(C)c1. The van der Waals surface area contributed by atoms with Crippen molar-refractivity contribution in [2.45, 2.75) is 38.2 Å². The van der Waals surface area contributed by atoms with Gasteiger partial charge in [-0.3, -0.25) is 4.79 Å². The molecular formula is C22H24N2O4S2. The van der Waals surface area contributed by atoms with E-state index in [0.29, 0.717) is 30.8 Å². The van der Waals surface area contributed by atoms with Crippen LogP contribution in [0.25, 0.3) is 10.2 Å². The molecule has 1 aromatic heterocycles. The lowest BCUT2D eigenvalue weighted by atomic mass is 9.98. The number of aryl methyl sites for hydroxylation is 2. The summed E-state index contributed by atoms with van der Waals surface area (Å²) >= 11 is 1.51. The van der Waals surface area contributed by atoms with Gasteiger partial charge < -0.3 is 4.74 Å². The van der Waals surface area contributed by atoms with Crippen molar-refractivity contribution >= 4 is 37.5 Å². The molecule has 30 heavy (non-hydrogen) atoms. The number of hydrogen-bond donors (Lipinski definition) is 0. The molecule has 1 fully saturated rings. The zero-order valence-corrected chi connectivity index (χ0v) is 18.6. The number of rotatable bonds is 5. The average Bonchev–Trinajstić information content (AvgIpc) is 3.15. The Morgan fingerprint density at radius 2 is 1.90 bits per heavy atom. The van der Waals surface area contributed by atoms with Crippen LogP contribution in [-0.4, -0.2) is 36.8 Å². The van der Waals surface area contributed by atoms with Crippen LogP contribution in [0, 0.1) is 19.8 Å². The quantitative estimate of drug-likeness (QED) is 0.555. The molecular weight excluding hydrogens is 420 g/mol. The summed E-state index contributed by atoms with van der Waals surface area (Å²) in [5, 5.41) is 0.763. The molecule has 0 atom stereocenters. The summed E-state index contributed by atoms with van der Waals surface area (Å²) in [4.78, 5) is 17.3. The number of thiazole rings is 1. The molecule has 8 heteroatoms. The molecule has 2 heterocycles. The Labute approximate surface area is 180 Å². The minimum Gasteiger partial charge on any atom is -0.458 e. The molecule has 0 saturated carbocycles. The lowest BCUT2D eigenvalue weighted by Gasteiger charge is -2.30. The molecule has 1 aliphatic heterocycles. The summed E-state index contributed by atoms with van der Waals surface area (Å²) in [7, 11) is -3.56. The van der Waals surface area contributed by atoms with Crippen LogP contribution in [0.4, 0.5) is 0 Å². The van der Waals surface area contributed by atoms with E-state index in [2.05, 4.69) is 4.98 Å². The van der Waals surface area contributed by atoms with Crippen LogP contribution < -0.4 is 0 Å². The highest BCUT2D eigenvalue weighted by molar-refractivity contribution is 7.89. The van der Waals surface area contributed by atoms with Gasteiger partial charge in [0.15, 0.2) is 0 Å². The summed E-state index contributed by atoms with van der Waals surface area (Å²) in [5.74, 6) is -0.567. The number of fused-ring (bicyclic) bond motifs is 1. The first-order chi connectivity index (χ1) is 14.3. The first-order valence-corrected chi connectivity index (χ1v) is 12.2. The Morgan fingerprint density at radius 1 is 1.17 bits per heavy atom. The van der Waals surface area contributed by atoms with E-state index in [1.54, 1.807) is 6.07 Å². The Hall–Kier alpha value is -2.29. The van der Waals surface area contributed by atoms with Crippen molar-refractivity contribution in [3.8, 4) is 0 Å². The van der Waals surface area contributed by atoms with Crippen molar-refractivity contribution in [2.75, 3.05) is 13.1 Å². The van der Waals surface area contributed by atoms with Gasteiger partial charge in [0.25, 0.3) is 0 Å². The molecule has 3 aromatic rings. The molecule has 2 aromatic carbocycles. The third-order valence-electron chi connectivity index (χ3n) is 5.41. The molecule has 0 bridgehead atoms. The zero-order valence-electron chi connectivity index (χ0n) is 17.0. The maximum atomic E-state index is 13.0. The molecule has 1 aliphatic rings. The van der Waals surface area contributed by atoms with Gasteiger partial charge in [0, 0.05) is 13.1 Å². The first kappa shape index (κ1) is 21.0. The van der Waals surface area contributed by atoms with E-state index in [1.807, 2.05) is 50.2 Å². The number of aromatic nitrogens is 1. The van der Waals surface area contributed by atoms with E-state index in [1.165, 1.54) is 15.6 Å². The number of carbonyl (C=O) groups is 1. The van der Waals surface area contributed by atoms with E-state index >= 15 is 0 Å². The van der Waals surface area contributed by atoms with Crippen LogP contribution in [0.1, 0.15) is 29.0 Å². The Balaban J connectivity index is 1.35.